The number of methoxy groups -OCH3 is 1. The van der Waals surface area contributed by atoms with Crippen LogP contribution in [-0.2, 0) is 9.53 Å². The molecule has 0 fully saturated rings. The van der Waals surface area contributed by atoms with E-state index in [-0.39, 0.29) is 23.3 Å². The number of nitrogens with one attached hydrogen (secondary N) is 1. The molecule has 160 valence electrons. The number of nitrogens with zero attached hydrogens (tertiary/aromatic N) is 2. The minimum Gasteiger partial charge on any atom is -0.383 e. The highest BCUT2D eigenvalue weighted by Crippen LogP contribution is 2.23. The first-order valence-electron chi connectivity index (χ1n) is 9.83. The summed E-state index contributed by atoms with van der Waals surface area (Å²) in [6.45, 7) is 7.10. The highest BCUT2D eigenvalue weighted by Gasteiger charge is 2.15. The third kappa shape index (κ3) is 6.48. The number of carbonyl (C=O) groups excluding carboxylic acids is 1. The lowest BCUT2D eigenvalue weighted by Gasteiger charge is -2.17. The number of rotatable bonds is 10. The first kappa shape index (κ1) is 23.7. The number of thioether (sulfide) groups is 1. The van der Waals surface area contributed by atoms with Crippen LogP contribution in [0, 0.1) is 31.0 Å². The van der Waals surface area contributed by atoms with Gasteiger partial charge in [-0.05, 0) is 74.9 Å². The van der Waals surface area contributed by atoms with Crippen molar-refractivity contribution in [3.63, 3.8) is 0 Å². The molecular weight excluding hydrogens is 401 g/mol. The van der Waals surface area contributed by atoms with Gasteiger partial charge in [0.1, 0.15) is 17.5 Å². The molecule has 1 atom stereocenters. The second-order valence-corrected chi connectivity index (χ2v) is 8.25. The molecule has 0 radical (unpaired) electrons. The molecular formula is C23H28FN3O2S. The molecule has 0 bridgehead atoms. The summed E-state index contributed by atoms with van der Waals surface area (Å²) in [7, 11) is 1.67. The summed E-state index contributed by atoms with van der Waals surface area (Å²) in [6, 6.07) is 10.5. The van der Waals surface area contributed by atoms with Crippen molar-refractivity contribution >= 4 is 23.7 Å². The van der Waals surface area contributed by atoms with E-state index in [2.05, 4.69) is 16.8 Å². The van der Waals surface area contributed by atoms with Gasteiger partial charge in [-0.15, -0.1) is 11.8 Å². The van der Waals surface area contributed by atoms with Crippen molar-refractivity contribution in [3.8, 4) is 6.07 Å². The molecule has 0 saturated carbocycles. The fourth-order valence-electron chi connectivity index (χ4n) is 3.34. The van der Waals surface area contributed by atoms with Crippen LogP contribution in [0.15, 0.2) is 40.8 Å². The molecule has 1 unspecified atom stereocenters. The summed E-state index contributed by atoms with van der Waals surface area (Å²) in [5.74, 6) is 0.158. The quantitative estimate of drug-likeness (QED) is 0.258. The summed E-state index contributed by atoms with van der Waals surface area (Å²) in [5, 5.41) is 12.3. The molecule has 1 N–H and O–H groups in total. The van der Waals surface area contributed by atoms with Crippen LogP contribution in [0.4, 0.5) is 4.39 Å². The monoisotopic (exact) mass is 429 g/mol. The van der Waals surface area contributed by atoms with Crippen molar-refractivity contribution in [1.82, 2.24) is 9.88 Å². The van der Waals surface area contributed by atoms with Gasteiger partial charge in [-0.2, -0.15) is 5.26 Å². The lowest BCUT2D eigenvalue weighted by atomic mass is 10.1. The fourth-order valence-corrected chi connectivity index (χ4v) is 4.19. The molecule has 1 heterocycles. The largest absolute Gasteiger partial charge is 0.383 e. The van der Waals surface area contributed by atoms with Crippen LogP contribution in [0.2, 0.25) is 0 Å². The molecule has 0 saturated heterocycles. The van der Waals surface area contributed by atoms with Gasteiger partial charge in [-0.1, -0.05) is 0 Å². The number of hydrogen-bond donors (Lipinski definition) is 1. The van der Waals surface area contributed by atoms with Crippen LogP contribution < -0.4 is 5.32 Å². The predicted octanol–water partition coefficient (Wildman–Crippen LogP) is 4.66. The Morgan fingerprint density at radius 1 is 1.37 bits per heavy atom. The Morgan fingerprint density at radius 3 is 2.70 bits per heavy atom. The smallest absolute Gasteiger partial charge is 0.261 e. The number of benzene rings is 1. The molecule has 30 heavy (non-hydrogen) atoms. The Kier molecular flexibility index (Phi) is 9.15. The molecule has 1 aromatic heterocycles. The highest BCUT2D eigenvalue weighted by molar-refractivity contribution is 7.99. The first-order chi connectivity index (χ1) is 14.4. The molecule has 0 aliphatic heterocycles. The second-order valence-electron chi connectivity index (χ2n) is 7.08. The van der Waals surface area contributed by atoms with Crippen LogP contribution in [0.5, 0.6) is 0 Å². The maximum Gasteiger partial charge on any atom is 0.261 e. The van der Waals surface area contributed by atoms with Gasteiger partial charge in [-0.3, -0.25) is 4.79 Å². The number of nitriles is 1. The number of amides is 1. The lowest BCUT2D eigenvalue weighted by Crippen LogP contribution is -2.25. The van der Waals surface area contributed by atoms with Crippen molar-refractivity contribution < 1.29 is 13.9 Å². The van der Waals surface area contributed by atoms with Crippen molar-refractivity contribution in [2.24, 2.45) is 0 Å². The van der Waals surface area contributed by atoms with Crippen LogP contribution in [-0.4, -0.2) is 36.5 Å². The number of aromatic nitrogens is 1. The van der Waals surface area contributed by atoms with Gasteiger partial charge in [0.05, 0.1) is 12.6 Å². The van der Waals surface area contributed by atoms with E-state index in [1.165, 1.54) is 12.1 Å². The molecule has 0 aliphatic rings. The Hall–Kier alpha value is -2.56. The minimum absolute atomic E-state index is 0.0841. The summed E-state index contributed by atoms with van der Waals surface area (Å²) in [5.41, 5.74) is 2.99. The zero-order valence-corrected chi connectivity index (χ0v) is 18.7. The molecule has 5 nitrogen and oxygen atoms in total. The van der Waals surface area contributed by atoms with E-state index in [0.717, 1.165) is 34.0 Å². The van der Waals surface area contributed by atoms with Gasteiger partial charge >= 0.3 is 0 Å². The lowest BCUT2D eigenvalue weighted by molar-refractivity contribution is -0.117. The number of carbonyl (C=O) groups is 1. The Balaban J connectivity index is 1.93. The standard InChI is InChI=1S/C23H28FN3O2S/c1-16-12-19(18(3)27(16)17(2)15-29-4)13-20(14-25)23(28)26-10-5-11-30-22-8-6-21(24)7-9-22/h6-9,12-13,17H,5,10-11,15H2,1-4H3,(H,26,28)/b20-13+. The molecule has 0 aliphatic carbocycles. The zero-order valence-electron chi connectivity index (χ0n) is 17.9. The Morgan fingerprint density at radius 2 is 2.07 bits per heavy atom. The predicted molar refractivity (Wildman–Crippen MR) is 119 cm³/mol. The van der Waals surface area contributed by atoms with Gasteiger partial charge in [0.2, 0.25) is 0 Å². The van der Waals surface area contributed by atoms with Crippen molar-refractivity contribution in [2.75, 3.05) is 26.0 Å². The van der Waals surface area contributed by atoms with E-state index in [4.69, 9.17) is 4.74 Å². The molecule has 7 heteroatoms. The van der Waals surface area contributed by atoms with Crippen LogP contribution in [0.1, 0.15) is 36.3 Å². The van der Waals surface area contributed by atoms with E-state index in [9.17, 15) is 14.4 Å². The number of aryl methyl sites for hydroxylation is 1. The van der Waals surface area contributed by atoms with E-state index >= 15 is 0 Å². The van der Waals surface area contributed by atoms with Crippen molar-refractivity contribution in [1.29, 1.82) is 5.26 Å². The number of ether oxygens (including phenoxy) is 1. The van der Waals surface area contributed by atoms with Gasteiger partial charge in [-0.25, -0.2) is 4.39 Å². The number of hydrogen-bond acceptors (Lipinski definition) is 4. The average Bonchev–Trinajstić information content (AvgIpc) is 3.00. The SMILES string of the molecule is COCC(C)n1c(C)cc(/C=C(\C#N)C(=O)NCCCSc2ccc(F)cc2)c1C. The summed E-state index contributed by atoms with van der Waals surface area (Å²) < 4.78 is 20.3. The van der Waals surface area contributed by atoms with Gasteiger partial charge < -0.3 is 14.6 Å². The number of halogens is 1. The first-order valence-corrected chi connectivity index (χ1v) is 10.8. The molecule has 1 aromatic carbocycles. The third-order valence-electron chi connectivity index (χ3n) is 4.73. The van der Waals surface area contributed by atoms with Gasteiger partial charge in [0.15, 0.2) is 0 Å². The van der Waals surface area contributed by atoms with E-state index < -0.39 is 0 Å². The van der Waals surface area contributed by atoms with E-state index in [0.29, 0.717) is 13.2 Å². The maximum atomic E-state index is 12.9. The van der Waals surface area contributed by atoms with Gasteiger partial charge in [0, 0.05) is 29.9 Å². The Labute approximate surface area is 181 Å². The molecule has 1 amide bonds. The maximum absolute atomic E-state index is 12.9. The van der Waals surface area contributed by atoms with E-state index in [1.54, 1.807) is 37.1 Å². The zero-order chi connectivity index (χ0) is 22.1. The fraction of sp³-hybridized carbons (Fsp3) is 0.391. The minimum atomic E-state index is -0.376. The third-order valence-corrected chi connectivity index (χ3v) is 5.82. The second kappa shape index (κ2) is 11.6. The van der Waals surface area contributed by atoms with Crippen molar-refractivity contribution in [3.05, 3.63) is 58.7 Å². The van der Waals surface area contributed by atoms with E-state index in [1.807, 2.05) is 26.0 Å². The molecule has 0 spiro atoms. The highest BCUT2D eigenvalue weighted by atomic mass is 32.2. The topological polar surface area (TPSA) is 67.0 Å². The van der Waals surface area contributed by atoms with Crippen LogP contribution in [0.3, 0.4) is 0 Å². The Bertz CT molecular complexity index is 929. The summed E-state index contributed by atoms with van der Waals surface area (Å²) in [4.78, 5) is 13.4. The van der Waals surface area contributed by atoms with Gasteiger partial charge in [0.25, 0.3) is 5.91 Å². The molecule has 2 aromatic rings. The van der Waals surface area contributed by atoms with Crippen LogP contribution >= 0.6 is 11.8 Å². The van der Waals surface area contributed by atoms with Crippen LogP contribution in [0.25, 0.3) is 6.08 Å². The summed E-state index contributed by atoms with van der Waals surface area (Å²) in [6.07, 6.45) is 2.39. The average molecular weight is 430 g/mol. The van der Waals surface area contributed by atoms with Crippen molar-refractivity contribution in [2.45, 2.75) is 38.1 Å². The normalized spacial score (nSPS) is 12.5. The molecule has 2 rings (SSSR count). The summed E-state index contributed by atoms with van der Waals surface area (Å²) >= 11 is 1.60.